The molecule has 1 amide bonds. The molecule has 0 bridgehead atoms. The highest BCUT2D eigenvalue weighted by Gasteiger charge is 2.25. The van der Waals surface area contributed by atoms with Crippen molar-refractivity contribution in [2.24, 2.45) is 0 Å². The Morgan fingerprint density at radius 3 is 1.76 bits per heavy atom. The van der Waals surface area contributed by atoms with Crippen molar-refractivity contribution in [3.05, 3.63) is 53.6 Å². The number of anilines is 2. The fourth-order valence-corrected chi connectivity index (χ4v) is 4.64. The Labute approximate surface area is 265 Å². The van der Waals surface area contributed by atoms with Gasteiger partial charge in [0.2, 0.25) is 5.91 Å². The number of nitrogens with one attached hydrogen (secondary N) is 1. The molecule has 2 saturated heterocycles. The number of benzene rings is 2. The number of carbonyl (C=O) groups is 5. The molecule has 0 spiro atoms. The van der Waals surface area contributed by atoms with E-state index >= 15 is 0 Å². The topological polar surface area (TPSA) is 197 Å². The van der Waals surface area contributed by atoms with E-state index in [4.69, 9.17) is 55.9 Å². The zero-order valence-electron chi connectivity index (χ0n) is 24.9. The molecule has 4 rings (SSSR count). The van der Waals surface area contributed by atoms with E-state index in [-0.39, 0.29) is 11.9 Å². The van der Waals surface area contributed by atoms with Gasteiger partial charge in [0.05, 0.1) is 6.04 Å². The number of piperazine rings is 1. The maximum absolute atomic E-state index is 12.8. The summed E-state index contributed by atoms with van der Waals surface area (Å²) >= 11 is 5.91. The summed E-state index contributed by atoms with van der Waals surface area (Å²) in [6, 6.07) is 15.6. The second-order valence-corrected chi connectivity index (χ2v) is 10.6. The molecular weight excluding hydrogens is 612 g/mol. The number of carbonyl (C=O) groups excluding carboxylic acids is 1. The highest BCUT2D eigenvalue weighted by molar-refractivity contribution is 6.30. The first-order valence-corrected chi connectivity index (χ1v) is 14.7. The molecule has 0 aliphatic carbocycles. The van der Waals surface area contributed by atoms with Crippen LogP contribution >= 0.6 is 11.6 Å². The fraction of sp³-hybridized carbons (Fsp3) is 0.433. The van der Waals surface area contributed by atoms with Crippen molar-refractivity contribution in [2.45, 2.75) is 32.2 Å². The van der Waals surface area contributed by atoms with Crippen LogP contribution in [0.25, 0.3) is 0 Å². The van der Waals surface area contributed by atoms with Gasteiger partial charge in [-0.1, -0.05) is 11.6 Å². The van der Waals surface area contributed by atoms with Gasteiger partial charge in [-0.05, 0) is 74.7 Å². The number of hydrogen-bond donors (Lipinski definition) is 5. The number of amides is 1. The molecule has 2 heterocycles. The number of nitrogens with zero attached hydrogens (tertiary/aromatic N) is 3. The molecule has 0 aromatic heterocycles. The van der Waals surface area contributed by atoms with Gasteiger partial charge in [0.15, 0.2) is 0 Å². The molecule has 15 heteroatoms. The molecule has 0 saturated carbocycles. The molecule has 14 nitrogen and oxygen atoms in total. The number of halogens is 1. The smallest absolute Gasteiger partial charge is 0.414 e. The van der Waals surface area contributed by atoms with Crippen molar-refractivity contribution in [1.82, 2.24) is 9.80 Å². The molecule has 45 heavy (non-hydrogen) atoms. The van der Waals surface area contributed by atoms with Crippen LogP contribution in [-0.2, 0) is 24.0 Å². The summed E-state index contributed by atoms with van der Waals surface area (Å²) in [5, 5.41) is 33.4. The van der Waals surface area contributed by atoms with Gasteiger partial charge >= 0.3 is 23.9 Å². The minimum Gasteiger partial charge on any atom is -0.492 e. The van der Waals surface area contributed by atoms with Crippen LogP contribution in [0.5, 0.6) is 5.75 Å². The lowest BCUT2D eigenvalue weighted by Gasteiger charge is -2.37. The minimum absolute atomic E-state index is 0.0558. The van der Waals surface area contributed by atoms with E-state index in [1.165, 1.54) is 24.9 Å². The SMILES string of the molecule is CC(C(=O)Nc1ccc(N2CCCCC2)cc1)N1CCN(CCOc2ccc(Cl)cc2)CC1.O=C(O)C(=O)O.O=C(O)C(=O)O. The van der Waals surface area contributed by atoms with Crippen LogP contribution < -0.4 is 15.0 Å². The third-order valence-corrected chi connectivity index (χ3v) is 7.30. The fourth-order valence-electron chi connectivity index (χ4n) is 4.52. The van der Waals surface area contributed by atoms with E-state index in [1.807, 2.05) is 43.3 Å². The number of hydrogen-bond acceptors (Lipinski definition) is 9. The van der Waals surface area contributed by atoms with Gasteiger partial charge in [-0.2, -0.15) is 0 Å². The maximum Gasteiger partial charge on any atom is 0.414 e. The molecule has 2 aliphatic rings. The van der Waals surface area contributed by atoms with Crippen molar-refractivity contribution in [3.8, 4) is 5.75 Å². The van der Waals surface area contributed by atoms with Gasteiger partial charge < -0.3 is 35.4 Å². The minimum atomic E-state index is -1.82. The summed E-state index contributed by atoms with van der Waals surface area (Å²) in [4.78, 5) is 56.3. The first-order chi connectivity index (χ1) is 21.4. The molecule has 1 atom stereocenters. The lowest BCUT2D eigenvalue weighted by atomic mass is 10.1. The monoisotopic (exact) mass is 650 g/mol. The van der Waals surface area contributed by atoms with Crippen molar-refractivity contribution in [2.75, 3.05) is 62.6 Å². The third kappa shape index (κ3) is 13.8. The van der Waals surface area contributed by atoms with Gasteiger partial charge in [0.25, 0.3) is 0 Å². The number of carboxylic acid groups (broad SMARTS) is 4. The van der Waals surface area contributed by atoms with Crippen LogP contribution in [0, 0.1) is 0 Å². The molecule has 1 unspecified atom stereocenters. The summed E-state index contributed by atoms with van der Waals surface area (Å²) in [6.07, 6.45) is 3.85. The van der Waals surface area contributed by atoms with Gasteiger partial charge in [-0.15, -0.1) is 0 Å². The Bertz CT molecular complexity index is 1210. The van der Waals surface area contributed by atoms with E-state index in [9.17, 15) is 4.79 Å². The summed E-state index contributed by atoms with van der Waals surface area (Å²) in [6.45, 7) is 9.40. The Hall–Kier alpha value is -4.40. The predicted molar refractivity (Wildman–Crippen MR) is 166 cm³/mol. The lowest BCUT2D eigenvalue weighted by Crippen LogP contribution is -2.53. The standard InChI is InChI=1S/C26H35ClN4O2.2C2H2O4/c1-21(26(32)28-23-7-9-24(10-8-23)31-13-3-2-4-14-31)30-17-15-29(16-18-30)19-20-33-25-11-5-22(27)6-12-25;2*3-1(4)2(5)6/h5-12,21H,2-4,13-20H2,1H3,(H,28,32);2*(H,3,4)(H,5,6). The van der Waals surface area contributed by atoms with Gasteiger partial charge in [0.1, 0.15) is 12.4 Å². The highest BCUT2D eigenvalue weighted by Crippen LogP contribution is 2.22. The van der Waals surface area contributed by atoms with E-state index in [1.54, 1.807) is 0 Å². The largest absolute Gasteiger partial charge is 0.492 e. The highest BCUT2D eigenvalue weighted by atomic mass is 35.5. The van der Waals surface area contributed by atoms with E-state index in [2.05, 4.69) is 32.1 Å². The number of ether oxygens (including phenoxy) is 1. The normalized spacial score (nSPS) is 15.6. The third-order valence-electron chi connectivity index (χ3n) is 7.05. The molecule has 2 aromatic rings. The maximum atomic E-state index is 12.8. The number of aliphatic carboxylic acids is 4. The van der Waals surface area contributed by atoms with Crippen LogP contribution in [0.15, 0.2) is 48.5 Å². The molecule has 5 N–H and O–H groups in total. The predicted octanol–water partition coefficient (Wildman–Crippen LogP) is 2.67. The molecular formula is C30H39ClN4O10. The summed E-state index contributed by atoms with van der Waals surface area (Å²) in [7, 11) is 0. The molecule has 2 aromatic carbocycles. The Morgan fingerprint density at radius 2 is 1.27 bits per heavy atom. The first-order valence-electron chi connectivity index (χ1n) is 14.3. The summed E-state index contributed by atoms with van der Waals surface area (Å²) in [5.41, 5.74) is 2.11. The Kier molecular flexibility index (Phi) is 15.6. The summed E-state index contributed by atoms with van der Waals surface area (Å²) in [5.74, 6) is -6.40. The number of carboxylic acids is 4. The first kappa shape index (κ1) is 36.8. The van der Waals surface area contributed by atoms with Gasteiger partial charge in [-0.3, -0.25) is 14.6 Å². The average molecular weight is 651 g/mol. The molecule has 0 radical (unpaired) electrons. The van der Waals surface area contributed by atoms with Crippen molar-refractivity contribution >= 4 is 52.8 Å². The second kappa shape index (κ2) is 19.1. The van der Waals surface area contributed by atoms with Crippen LogP contribution in [0.2, 0.25) is 5.02 Å². The van der Waals surface area contributed by atoms with Gasteiger partial charge in [-0.25, -0.2) is 19.2 Å². The summed E-state index contributed by atoms with van der Waals surface area (Å²) < 4.78 is 5.81. The van der Waals surface area contributed by atoms with Crippen molar-refractivity contribution in [1.29, 1.82) is 0 Å². The quantitative estimate of drug-likeness (QED) is 0.262. The Morgan fingerprint density at radius 1 is 0.756 bits per heavy atom. The van der Waals surface area contributed by atoms with Crippen LogP contribution in [0.1, 0.15) is 26.2 Å². The van der Waals surface area contributed by atoms with Crippen LogP contribution in [-0.4, -0.2) is 118 Å². The van der Waals surface area contributed by atoms with E-state index in [0.29, 0.717) is 11.6 Å². The van der Waals surface area contributed by atoms with Crippen molar-refractivity contribution < 1.29 is 49.1 Å². The van der Waals surface area contributed by atoms with E-state index < -0.39 is 23.9 Å². The zero-order valence-corrected chi connectivity index (χ0v) is 25.7. The second-order valence-electron chi connectivity index (χ2n) is 10.2. The molecule has 2 aliphatic heterocycles. The Balaban J connectivity index is 0.000000499. The zero-order chi connectivity index (χ0) is 33.4. The van der Waals surface area contributed by atoms with Crippen molar-refractivity contribution in [3.63, 3.8) is 0 Å². The van der Waals surface area contributed by atoms with Crippen LogP contribution in [0.3, 0.4) is 0 Å². The van der Waals surface area contributed by atoms with Gasteiger partial charge in [0, 0.05) is 62.2 Å². The molecule has 2 fully saturated rings. The van der Waals surface area contributed by atoms with E-state index in [0.717, 1.165) is 57.3 Å². The molecule has 246 valence electrons. The number of piperidine rings is 1. The van der Waals surface area contributed by atoms with Crippen LogP contribution in [0.4, 0.5) is 11.4 Å². The average Bonchev–Trinajstić information content (AvgIpc) is 3.03. The lowest BCUT2D eigenvalue weighted by molar-refractivity contribution is -0.159. The number of rotatable bonds is 8.